The van der Waals surface area contributed by atoms with E-state index in [9.17, 15) is 13.2 Å². The first-order chi connectivity index (χ1) is 19.8. The van der Waals surface area contributed by atoms with Gasteiger partial charge in [-0.25, -0.2) is 9.97 Å². The average molecular weight is 614 g/mol. The quantitative estimate of drug-likeness (QED) is 0.212. The fourth-order valence-electron chi connectivity index (χ4n) is 3.90. The Morgan fingerprint density at radius 1 is 1.12 bits per heavy atom. The van der Waals surface area contributed by atoms with Crippen molar-refractivity contribution in [1.29, 1.82) is 5.41 Å². The molecule has 0 amide bonds. The van der Waals surface area contributed by atoms with E-state index in [-0.39, 0.29) is 93.1 Å². The summed E-state index contributed by atoms with van der Waals surface area (Å²) in [4.78, 5) is 12.4. The number of benzene rings is 1. The number of nitrogens with one attached hydrogen (secondary N) is 1. The Morgan fingerprint density at radius 2 is 1.74 bits per heavy atom. The van der Waals surface area contributed by atoms with Gasteiger partial charge in [-0.2, -0.15) is 18.2 Å². The molecule has 0 atom stereocenters. The second-order valence-electron chi connectivity index (χ2n) is 9.15. The maximum Gasteiger partial charge on any atom is 1.00 e. The average Bonchev–Trinajstić information content (AvgIpc) is 3.70. The molecule has 0 saturated heterocycles. The summed E-state index contributed by atoms with van der Waals surface area (Å²) in [6.45, 7) is 3.97. The van der Waals surface area contributed by atoms with Crippen LogP contribution in [0.5, 0.6) is 11.6 Å². The number of allylic oxidation sites excluding steroid dienone is 1. The topological polar surface area (TPSA) is 109 Å². The summed E-state index contributed by atoms with van der Waals surface area (Å²) in [6.07, 6.45) is -0.515. The van der Waals surface area contributed by atoms with Gasteiger partial charge in [0, 0.05) is 18.8 Å². The van der Waals surface area contributed by atoms with Crippen LogP contribution in [0.15, 0.2) is 42.4 Å². The predicted octanol–water partition coefficient (Wildman–Crippen LogP) is 1.75. The van der Waals surface area contributed by atoms with Gasteiger partial charge in [0.05, 0.1) is 18.9 Å². The Hall–Kier alpha value is -2.26. The van der Waals surface area contributed by atoms with Crippen molar-refractivity contribution in [3.8, 4) is 23.0 Å². The van der Waals surface area contributed by atoms with Gasteiger partial charge in [-0.3, -0.25) is 5.41 Å². The molecule has 0 unspecified atom stereocenters. The number of aromatic nitrogens is 4. The molecule has 2 heterocycles. The molecule has 1 aromatic carbocycles. The van der Waals surface area contributed by atoms with Crippen LogP contribution in [0, 0.1) is 11.3 Å². The Labute approximate surface area is 295 Å². The molecule has 16 heteroatoms. The molecule has 0 aliphatic heterocycles. The van der Waals surface area contributed by atoms with Gasteiger partial charge < -0.3 is 24.1 Å². The number of halogens is 3. The molecule has 1 fully saturated rings. The number of aryl methyl sites for hydroxylation is 1. The number of alkyl halides is 3. The fourth-order valence-corrected chi connectivity index (χ4v) is 3.90. The summed E-state index contributed by atoms with van der Waals surface area (Å²) in [6, 6.07) is 6.60. The molecule has 6 radical (unpaired) electrons. The molecule has 9 nitrogen and oxygen atoms in total. The van der Waals surface area contributed by atoms with Gasteiger partial charge in [-0.1, -0.05) is 38.1 Å². The molecule has 1 aliphatic rings. The summed E-state index contributed by atoms with van der Waals surface area (Å²) in [5, 5.41) is 10.6. The van der Waals surface area contributed by atoms with Crippen molar-refractivity contribution >= 4 is 35.0 Å². The number of imidazole rings is 1. The molecule has 1 N–H and O–H groups in total. The molecule has 43 heavy (non-hydrogen) atoms. The first-order valence-corrected chi connectivity index (χ1v) is 13.0. The van der Waals surface area contributed by atoms with Gasteiger partial charge in [0.15, 0.2) is 17.3 Å². The third-order valence-corrected chi connectivity index (χ3v) is 5.88. The molecule has 0 bridgehead atoms. The summed E-state index contributed by atoms with van der Waals surface area (Å²) in [7, 11) is 21.3. The van der Waals surface area contributed by atoms with Crippen LogP contribution >= 0.6 is 0 Å². The van der Waals surface area contributed by atoms with Crippen LogP contribution in [0.2, 0.25) is 0 Å². The van der Waals surface area contributed by atoms with E-state index in [2.05, 4.69) is 20.3 Å². The van der Waals surface area contributed by atoms with Crippen molar-refractivity contribution in [2.75, 3.05) is 14.2 Å². The Morgan fingerprint density at radius 3 is 2.23 bits per heavy atom. The second-order valence-corrected chi connectivity index (χ2v) is 9.15. The third-order valence-electron chi connectivity index (χ3n) is 5.88. The molecule has 216 valence electrons. The molecule has 1 aliphatic carbocycles. The van der Waals surface area contributed by atoms with Crippen LogP contribution in [0.25, 0.3) is 22.3 Å². The smallest absolute Gasteiger partial charge is 0.689 e. The van der Waals surface area contributed by atoms with Crippen LogP contribution in [0.3, 0.4) is 0 Å². The first-order valence-electron chi connectivity index (χ1n) is 13.0. The summed E-state index contributed by atoms with van der Waals surface area (Å²) < 4.78 is 56.9. The Balaban J connectivity index is 0.00000211. The number of hydrogen-bond donors (Lipinski definition) is 1. The summed E-state index contributed by atoms with van der Waals surface area (Å²) >= 11 is 0. The van der Waals surface area contributed by atoms with Gasteiger partial charge in [-0.15, -0.1) is 12.7 Å². The van der Waals surface area contributed by atoms with Crippen LogP contribution in [0.4, 0.5) is 13.2 Å². The standard InChI is InChI=1S/C25H23B3F3N6O3.C2H6.K/c1-33-19(14-8-9-14)18(20(32)38-3)21-34-10-16(40-25(26,27)28)23(36-21)39-12-13-4-6-15(7-5-13)22-35-17(11-37(22)2)24(29,30)31;1-2;/h4-7,10-11,14,32H,8-9,12H2,1-3H3;1-2H3;/q-1;;+1/b19-18+,32-20?;;. The zero-order valence-corrected chi connectivity index (χ0v) is 28.1. The summed E-state index contributed by atoms with van der Waals surface area (Å²) in [5.74, 6) is 0.152. The molecule has 2 aromatic heterocycles. The van der Waals surface area contributed by atoms with Gasteiger partial charge >= 0.3 is 57.6 Å². The van der Waals surface area contributed by atoms with Gasteiger partial charge in [0.2, 0.25) is 5.90 Å². The van der Waals surface area contributed by atoms with Crippen LogP contribution in [-0.2, 0) is 24.6 Å². The zero-order valence-electron chi connectivity index (χ0n) is 25.0. The molecule has 0 spiro atoms. The third kappa shape index (κ3) is 9.87. The maximum atomic E-state index is 13.0. The zero-order chi connectivity index (χ0) is 31.2. The number of rotatable bonds is 10. The fraction of sp³-hybridized carbons (Fsp3) is 0.407. The molecule has 3 aromatic rings. The molecular weight excluding hydrogens is 585 g/mol. The van der Waals surface area contributed by atoms with Crippen molar-refractivity contribution in [3.63, 3.8) is 0 Å². The second kappa shape index (κ2) is 15.6. The minimum Gasteiger partial charge on any atom is -0.689 e. The van der Waals surface area contributed by atoms with E-state index in [1.807, 2.05) is 13.8 Å². The van der Waals surface area contributed by atoms with E-state index in [1.165, 1.54) is 24.9 Å². The summed E-state index contributed by atoms with van der Waals surface area (Å²) in [5.41, 5.74) is 1.10. The number of hydrogen-bond acceptors (Lipinski definition) is 7. The van der Waals surface area contributed by atoms with Crippen molar-refractivity contribution in [3.05, 3.63) is 64.8 Å². The van der Waals surface area contributed by atoms with Gasteiger partial charge in [-0.05, 0) is 29.6 Å². The van der Waals surface area contributed by atoms with Crippen molar-refractivity contribution in [1.82, 2.24) is 19.5 Å². The van der Waals surface area contributed by atoms with Crippen molar-refractivity contribution in [2.24, 2.45) is 13.0 Å². The number of methoxy groups -OCH3 is 1. The molecule has 1 saturated carbocycles. The van der Waals surface area contributed by atoms with Crippen LogP contribution in [0.1, 0.15) is 43.8 Å². The van der Waals surface area contributed by atoms with E-state index in [0.717, 1.165) is 19.0 Å². The number of ether oxygens (including phenoxy) is 3. The van der Waals surface area contributed by atoms with E-state index in [0.29, 0.717) is 22.4 Å². The van der Waals surface area contributed by atoms with Crippen molar-refractivity contribution < 1.29 is 78.8 Å². The monoisotopic (exact) mass is 614 g/mol. The maximum absolute atomic E-state index is 13.0. The Bertz CT molecular complexity index is 1430. The minimum absolute atomic E-state index is 0. The van der Waals surface area contributed by atoms with Crippen LogP contribution < -0.4 is 60.9 Å². The largest absolute Gasteiger partial charge is 1.00 e. The minimum atomic E-state index is -4.55. The molecule has 4 rings (SSSR count). The van der Waals surface area contributed by atoms with E-state index in [1.54, 1.807) is 31.3 Å². The van der Waals surface area contributed by atoms with Crippen molar-refractivity contribution in [2.45, 2.75) is 44.8 Å². The van der Waals surface area contributed by atoms with E-state index < -0.39 is 17.2 Å². The first kappa shape index (κ1) is 36.9. The van der Waals surface area contributed by atoms with E-state index in [4.69, 9.17) is 43.2 Å². The normalized spacial score (nSPS) is 13.5. The number of nitrogens with zero attached hydrogens (tertiary/aromatic N) is 5. The SMILES string of the molecule is CC.[B]C([B])([B])Oc1cnc(/C(C(=N)OC)=C(/[N-]C)C2CC2)nc1OCc1ccc(-c2nc(C(F)(F)F)cn2C)cc1.[K+]. The molecular formula is C27H29B3F3KN6O3. The van der Waals surface area contributed by atoms with Crippen LogP contribution in [-0.4, -0.2) is 68.4 Å². The van der Waals surface area contributed by atoms with Gasteiger partial charge in [0.1, 0.15) is 36.0 Å². The Kier molecular flexibility index (Phi) is 13.4. The predicted molar refractivity (Wildman–Crippen MR) is 156 cm³/mol. The van der Waals surface area contributed by atoms with E-state index >= 15 is 0 Å². The van der Waals surface area contributed by atoms with Gasteiger partial charge in [0.25, 0.3) is 5.88 Å².